The molecular formula is C8H8BBrF3KO. The number of methoxy groups -OCH3 is 1. The van der Waals surface area contributed by atoms with Crippen LogP contribution in [0.25, 0.3) is 0 Å². The summed E-state index contributed by atoms with van der Waals surface area (Å²) in [5.74, 6) is 0.419. The molecule has 0 amide bonds. The Hall–Kier alpha value is 0.991. The zero-order chi connectivity index (χ0) is 10.8. The van der Waals surface area contributed by atoms with Crippen LogP contribution in [0.3, 0.4) is 0 Å². The van der Waals surface area contributed by atoms with Crippen molar-refractivity contribution in [2.45, 2.75) is 6.32 Å². The SMILES string of the molecule is COc1cc(C[B-](F)(F)F)ccc1Br.[K+]. The molecule has 1 aromatic carbocycles. The third kappa shape index (κ3) is 5.74. The molecule has 15 heavy (non-hydrogen) atoms. The second-order valence-electron chi connectivity index (χ2n) is 2.88. The Kier molecular flexibility index (Phi) is 7.10. The van der Waals surface area contributed by atoms with E-state index in [1.165, 1.54) is 19.2 Å². The van der Waals surface area contributed by atoms with E-state index in [1.54, 1.807) is 6.07 Å². The summed E-state index contributed by atoms with van der Waals surface area (Å²) < 4.78 is 41.8. The molecule has 78 valence electrons. The van der Waals surface area contributed by atoms with Gasteiger partial charge in [0.2, 0.25) is 0 Å². The van der Waals surface area contributed by atoms with Gasteiger partial charge in [-0.05, 0) is 28.1 Å². The van der Waals surface area contributed by atoms with Gasteiger partial charge in [0.15, 0.2) is 0 Å². The fraction of sp³-hybridized carbons (Fsp3) is 0.250. The van der Waals surface area contributed by atoms with Crippen LogP contribution in [-0.4, -0.2) is 14.1 Å². The minimum Gasteiger partial charge on any atom is -0.496 e. The molecule has 0 aromatic heterocycles. The Morgan fingerprint density at radius 1 is 1.33 bits per heavy atom. The molecule has 0 N–H and O–H groups in total. The van der Waals surface area contributed by atoms with Crippen LogP contribution < -0.4 is 56.1 Å². The first-order valence-corrected chi connectivity index (χ1v) is 4.75. The monoisotopic (exact) mass is 306 g/mol. The zero-order valence-electron chi connectivity index (χ0n) is 8.44. The molecule has 0 saturated heterocycles. The molecule has 0 fully saturated rings. The topological polar surface area (TPSA) is 9.23 Å². The summed E-state index contributed by atoms with van der Waals surface area (Å²) in [6.45, 7) is -4.78. The van der Waals surface area contributed by atoms with Crippen LogP contribution in [0.1, 0.15) is 5.56 Å². The van der Waals surface area contributed by atoms with Crippen molar-refractivity contribution in [1.82, 2.24) is 0 Å². The van der Waals surface area contributed by atoms with Crippen molar-refractivity contribution in [3.63, 3.8) is 0 Å². The normalized spacial score (nSPS) is 10.7. The van der Waals surface area contributed by atoms with Crippen LogP contribution in [0.15, 0.2) is 22.7 Å². The molecule has 0 aliphatic heterocycles. The fourth-order valence-corrected chi connectivity index (χ4v) is 1.51. The van der Waals surface area contributed by atoms with Crippen LogP contribution in [0.2, 0.25) is 0 Å². The number of halogens is 4. The zero-order valence-corrected chi connectivity index (χ0v) is 13.1. The van der Waals surface area contributed by atoms with Gasteiger partial charge in [0.25, 0.3) is 0 Å². The van der Waals surface area contributed by atoms with Gasteiger partial charge in [-0.3, -0.25) is 0 Å². The van der Waals surface area contributed by atoms with Gasteiger partial charge < -0.3 is 17.7 Å². The summed E-state index contributed by atoms with van der Waals surface area (Å²) in [6, 6.07) is 4.37. The largest absolute Gasteiger partial charge is 1.00 e. The minimum absolute atomic E-state index is 0. The van der Waals surface area contributed by atoms with Gasteiger partial charge in [0.1, 0.15) is 5.75 Å². The van der Waals surface area contributed by atoms with E-state index in [-0.39, 0.29) is 56.9 Å². The number of benzene rings is 1. The van der Waals surface area contributed by atoms with Crippen LogP contribution >= 0.6 is 15.9 Å². The molecule has 1 nitrogen and oxygen atoms in total. The maximum Gasteiger partial charge on any atom is 1.00 e. The van der Waals surface area contributed by atoms with Crippen molar-refractivity contribution in [3.8, 4) is 5.75 Å². The van der Waals surface area contributed by atoms with Gasteiger partial charge in [-0.1, -0.05) is 17.9 Å². The van der Waals surface area contributed by atoms with E-state index in [0.717, 1.165) is 0 Å². The third-order valence-corrected chi connectivity index (χ3v) is 2.34. The fourth-order valence-electron chi connectivity index (χ4n) is 1.10. The van der Waals surface area contributed by atoms with Gasteiger partial charge in [0, 0.05) is 0 Å². The first-order valence-electron chi connectivity index (χ1n) is 3.96. The van der Waals surface area contributed by atoms with E-state index < -0.39 is 13.3 Å². The number of ether oxygens (including phenoxy) is 1. The van der Waals surface area contributed by atoms with Gasteiger partial charge >= 0.3 is 58.4 Å². The molecule has 0 heterocycles. The summed E-state index contributed by atoms with van der Waals surface area (Å²) in [4.78, 5) is 0. The van der Waals surface area contributed by atoms with E-state index in [2.05, 4.69) is 15.9 Å². The maximum absolute atomic E-state index is 12.1. The van der Waals surface area contributed by atoms with Crippen LogP contribution in [0, 0.1) is 0 Å². The van der Waals surface area contributed by atoms with E-state index in [0.29, 0.717) is 10.2 Å². The Morgan fingerprint density at radius 3 is 2.40 bits per heavy atom. The molecule has 0 unspecified atom stereocenters. The molecule has 7 heteroatoms. The first kappa shape index (κ1) is 16.0. The van der Waals surface area contributed by atoms with E-state index >= 15 is 0 Å². The predicted octanol–water partition coefficient (Wildman–Crippen LogP) is 0.391. The van der Waals surface area contributed by atoms with Crippen molar-refractivity contribution >= 4 is 22.9 Å². The minimum atomic E-state index is -4.78. The summed E-state index contributed by atoms with van der Waals surface area (Å²) in [6.07, 6.45) is -0.871. The number of hydrogen-bond acceptors (Lipinski definition) is 1. The third-order valence-electron chi connectivity index (χ3n) is 1.68. The van der Waals surface area contributed by atoms with Gasteiger partial charge in [-0.2, -0.15) is 0 Å². The smallest absolute Gasteiger partial charge is 0.496 e. The van der Waals surface area contributed by atoms with Crippen molar-refractivity contribution in [2.24, 2.45) is 0 Å². The van der Waals surface area contributed by atoms with Crippen LogP contribution in [-0.2, 0) is 6.32 Å². The van der Waals surface area contributed by atoms with Gasteiger partial charge in [-0.25, -0.2) is 0 Å². The Morgan fingerprint density at radius 2 is 1.93 bits per heavy atom. The van der Waals surface area contributed by atoms with E-state index in [1.807, 2.05) is 0 Å². The van der Waals surface area contributed by atoms with Crippen LogP contribution in [0.5, 0.6) is 5.75 Å². The molecule has 0 spiro atoms. The Balaban J connectivity index is 0.00000196. The second-order valence-corrected chi connectivity index (χ2v) is 3.74. The molecule has 1 aromatic rings. The summed E-state index contributed by atoms with van der Waals surface area (Å²) in [5, 5.41) is 0. The van der Waals surface area contributed by atoms with Crippen molar-refractivity contribution in [3.05, 3.63) is 28.2 Å². The van der Waals surface area contributed by atoms with Gasteiger partial charge in [-0.15, -0.1) is 0 Å². The molecule has 0 radical (unpaired) electrons. The molecule has 0 bridgehead atoms. The van der Waals surface area contributed by atoms with E-state index in [4.69, 9.17) is 4.74 Å². The van der Waals surface area contributed by atoms with Gasteiger partial charge in [0.05, 0.1) is 11.6 Å². The molecule has 0 atom stereocenters. The quantitative estimate of drug-likeness (QED) is 0.734. The maximum atomic E-state index is 12.1. The Bertz CT molecular complexity index is 332. The summed E-state index contributed by atoms with van der Waals surface area (Å²) in [5.41, 5.74) is 0.220. The van der Waals surface area contributed by atoms with Crippen molar-refractivity contribution in [2.75, 3.05) is 7.11 Å². The molecule has 0 saturated carbocycles. The number of rotatable bonds is 3. The first-order chi connectivity index (χ1) is 6.42. The molecule has 0 aliphatic carbocycles. The predicted molar refractivity (Wildman–Crippen MR) is 53.5 cm³/mol. The summed E-state index contributed by atoms with van der Waals surface area (Å²) in [7, 11) is 1.42. The molecule has 1 rings (SSSR count). The van der Waals surface area contributed by atoms with Crippen LogP contribution in [0.4, 0.5) is 12.9 Å². The average Bonchev–Trinajstić information content (AvgIpc) is 2.06. The standard InChI is InChI=1S/C8H8BBrF3O.K/c1-14-8-4-6(2-3-7(8)10)5-9(11,12)13;/h2-4H,5H2,1H3;/q-1;+1. The number of hydrogen-bond donors (Lipinski definition) is 0. The van der Waals surface area contributed by atoms with Crippen molar-refractivity contribution in [1.29, 1.82) is 0 Å². The molecule has 0 aliphatic rings. The second kappa shape index (κ2) is 6.66. The van der Waals surface area contributed by atoms with E-state index in [9.17, 15) is 12.9 Å². The Labute approximate surface area is 137 Å². The molecular weight excluding hydrogens is 299 g/mol. The summed E-state index contributed by atoms with van der Waals surface area (Å²) >= 11 is 3.17. The average molecular weight is 307 g/mol. The van der Waals surface area contributed by atoms with Crippen molar-refractivity contribution < 1.29 is 69.1 Å².